The minimum atomic E-state index is -2.94. The summed E-state index contributed by atoms with van der Waals surface area (Å²) in [6, 6.07) is 13.6. The lowest BCUT2D eigenvalue weighted by atomic mass is 10.0. The van der Waals surface area contributed by atoms with Crippen LogP contribution in [0.1, 0.15) is 45.1 Å². The van der Waals surface area contributed by atoms with Gasteiger partial charge in [0.05, 0.1) is 25.1 Å². The number of halogens is 2. The van der Waals surface area contributed by atoms with E-state index in [0.29, 0.717) is 35.6 Å². The summed E-state index contributed by atoms with van der Waals surface area (Å²) in [5.74, 6) is 2.94. The number of fused-ring (bicyclic) bond motifs is 1. The Morgan fingerprint density at radius 3 is 2.56 bits per heavy atom. The van der Waals surface area contributed by atoms with Crippen molar-refractivity contribution in [2.24, 2.45) is 0 Å². The monoisotopic (exact) mass is 557 g/mol. The number of carbonyl (C=O) groups is 1. The van der Waals surface area contributed by atoms with Crippen LogP contribution in [-0.2, 0) is 10.7 Å². The van der Waals surface area contributed by atoms with E-state index in [1.165, 1.54) is 6.07 Å². The summed E-state index contributed by atoms with van der Waals surface area (Å²) in [5, 5.41) is 2.80. The number of likely N-dealkylation sites (N-methyl/N-ethyl adjacent to an activating group) is 1. The first-order valence-corrected chi connectivity index (χ1v) is 14.0. The van der Waals surface area contributed by atoms with Gasteiger partial charge in [0.25, 0.3) is 11.8 Å². The van der Waals surface area contributed by atoms with Crippen LogP contribution in [0.3, 0.4) is 0 Å². The average molecular weight is 558 g/mol. The highest BCUT2D eigenvalue weighted by molar-refractivity contribution is 6.04. The Morgan fingerprint density at radius 2 is 1.76 bits per heavy atom. The summed E-state index contributed by atoms with van der Waals surface area (Å²) in [5.41, 5.74) is 3.87. The number of alkyl halides is 2. The fourth-order valence-corrected chi connectivity index (χ4v) is 5.74. The highest BCUT2D eigenvalue weighted by Gasteiger charge is 2.47. The van der Waals surface area contributed by atoms with Gasteiger partial charge in [-0.25, -0.2) is 8.78 Å². The molecule has 1 N–H and O–H groups in total. The van der Waals surface area contributed by atoms with Crippen molar-refractivity contribution >= 4 is 17.3 Å². The highest BCUT2D eigenvalue weighted by atomic mass is 19.3. The quantitative estimate of drug-likeness (QED) is 0.482. The van der Waals surface area contributed by atoms with Crippen molar-refractivity contribution in [1.82, 2.24) is 14.8 Å². The van der Waals surface area contributed by atoms with Gasteiger partial charge in [-0.3, -0.25) is 14.7 Å². The molecule has 212 valence electrons. The number of anilines is 2. The molecule has 0 saturated carbocycles. The minimum absolute atomic E-state index is 0.00626. The molecular formula is C32H33F2N5O2. The van der Waals surface area contributed by atoms with E-state index in [2.05, 4.69) is 43.9 Å². The third-order valence-corrected chi connectivity index (χ3v) is 8.07. The topological polar surface area (TPSA) is 60.9 Å². The molecule has 41 heavy (non-hydrogen) atoms. The summed E-state index contributed by atoms with van der Waals surface area (Å²) in [6.07, 6.45) is 3.31. The molecule has 0 unspecified atom stereocenters. The van der Waals surface area contributed by atoms with Crippen molar-refractivity contribution in [1.29, 1.82) is 0 Å². The zero-order valence-corrected chi connectivity index (χ0v) is 23.1. The van der Waals surface area contributed by atoms with Crippen LogP contribution in [0.4, 0.5) is 20.2 Å². The van der Waals surface area contributed by atoms with Crippen LogP contribution >= 0.6 is 0 Å². The van der Waals surface area contributed by atoms with Crippen LogP contribution < -0.4 is 10.2 Å². The molecular weight excluding hydrogens is 524 g/mol. The Morgan fingerprint density at radius 1 is 0.976 bits per heavy atom. The summed E-state index contributed by atoms with van der Waals surface area (Å²) >= 11 is 0. The van der Waals surface area contributed by atoms with Crippen LogP contribution in [-0.4, -0.2) is 80.2 Å². The molecule has 1 amide bonds. The van der Waals surface area contributed by atoms with Crippen molar-refractivity contribution in [3.8, 4) is 11.8 Å². The molecule has 2 fully saturated rings. The second-order valence-electron chi connectivity index (χ2n) is 10.9. The molecule has 1 atom stereocenters. The van der Waals surface area contributed by atoms with E-state index in [9.17, 15) is 4.79 Å². The van der Waals surface area contributed by atoms with E-state index >= 15 is 8.78 Å². The molecule has 6 rings (SSSR count). The Kier molecular flexibility index (Phi) is 7.71. The zero-order valence-electron chi connectivity index (χ0n) is 23.1. The number of hydrogen-bond donors (Lipinski definition) is 1. The third kappa shape index (κ3) is 6.10. The van der Waals surface area contributed by atoms with Crippen molar-refractivity contribution in [3.63, 3.8) is 0 Å². The van der Waals surface area contributed by atoms with E-state index in [-0.39, 0.29) is 23.9 Å². The molecule has 3 aromatic rings. The molecule has 2 saturated heterocycles. The number of piperazine rings is 1. The number of pyridine rings is 1. The van der Waals surface area contributed by atoms with Gasteiger partial charge < -0.3 is 19.9 Å². The highest BCUT2D eigenvalue weighted by Crippen LogP contribution is 2.50. The number of amides is 1. The summed E-state index contributed by atoms with van der Waals surface area (Å²) in [6.45, 7) is 6.28. The Bertz CT molecular complexity index is 1490. The normalized spacial score (nSPS) is 20.7. The predicted octanol–water partition coefficient (Wildman–Crippen LogP) is 4.35. The van der Waals surface area contributed by atoms with Crippen molar-refractivity contribution in [2.45, 2.75) is 18.4 Å². The van der Waals surface area contributed by atoms with Gasteiger partial charge in [0.2, 0.25) is 0 Å². The molecule has 1 aromatic heterocycles. The molecule has 0 spiro atoms. The number of ether oxygens (including phenoxy) is 1. The lowest BCUT2D eigenvalue weighted by Crippen LogP contribution is -2.45. The molecule has 0 bridgehead atoms. The molecule has 0 radical (unpaired) electrons. The lowest BCUT2D eigenvalue weighted by Gasteiger charge is -2.36. The van der Waals surface area contributed by atoms with E-state index in [0.717, 1.165) is 50.5 Å². The Labute approximate surface area is 239 Å². The maximum Gasteiger partial charge on any atom is 0.275 e. The van der Waals surface area contributed by atoms with E-state index in [1.54, 1.807) is 36.5 Å². The Balaban J connectivity index is 1.15. The Hall–Kier alpha value is -3.84. The van der Waals surface area contributed by atoms with Crippen LogP contribution in [0.15, 0.2) is 60.9 Å². The van der Waals surface area contributed by atoms with Crippen LogP contribution in [0.25, 0.3) is 0 Å². The predicted molar refractivity (Wildman–Crippen MR) is 154 cm³/mol. The summed E-state index contributed by atoms with van der Waals surface area (Å²) < 4.78 is 35.6. The van der Waals surface area contributed by atoms with Gasteiger partial charge in [0, 0.05) is 85.9 Å². The number of aromatic nitrogens is 1. The number of benzene rings is 2. The minimum Gasteiger partial charge on any atom is -0.378 e. The second kappa shape index (κ2) is 11.6. The molecule has 3 aliphatic rings. The molecule has 2 aliphatic heterocycles. The molecule has 9 heteroatoms. The van der Waals surface area contributed by atoms with E-state index < -0.39 is 5.92 Å². The summed E-state index contributed by atoms with van der Waals surface area (Å²) in [4.78, 5) is 24.0. The molecule has 2 aromatic carbocycles. The van der Waals surface area contributed by atoms with E-state index in [1.807, 2.05) is 18.3 Å². The first kappa shape index (κ1) is 27.3. The molecule has 3 heterocycles. The maximum absolute atomic E-state index is 15.1. The van der Waals surface area contributed by atoms with Gasteiger partial charge in [-0.1, -0.05) is 24.0 Å². The van der Waals surface area contributed by atoms with Crippen LogP contribution in [0.2, 0.25) is 0 Å². The lowest BCUT2D eigenvalue weighted by molar-refractivity contribution is -0.0257. The smallest absolute Gasteiger partial charge is 0.275 e. The molecule has 7 nitrogen and oxygen atoms in total. The fourth-order valence-electron chi connectivity index (χ4n) is 5.74. The standard InChI is InChI=1S/C32H33F2N5O2/c1-37-9-11-39(12-10-37)30-20-32(33,34)29-19-26(7-8-28(29)30)36-31(40)25-4-2-3-23(17-25)5-6-24-18-27(22-35-21-24)38-13-15-41-16-14-38/h2-4,7-8,17-19,21-22,30H,9-16,20H2,1H3,(H,36,40)/t30-/m1/s1. The van der Waals surface area contributed by atoms with Crippen molar-refractivity contribution in [3.05, 3.63) is 88.7 Å². The van der Waals surface area contributed by atoms with E-state index in [4.69, 9.17) is 4.74 Å². The first-order valence-electron chi connectivity index (χ1n) is 14.0. The fraction of sp³-hybridized carbons (Fsp3) is 0.375. The number of morpholine rings is 1. The van der Waals surface area contributed by atoms with Crippen molar-refractivity contribution < 1.29 is 18.3 Å². The van der Waals surface area contributed by atoms with Crippen LogP contribution in [0, 0.1) is 11.8 Å². The SMILES string of the molecule is CN1CCN([C@@H]2CC(F)(F)c3cc(NC(=O)c4cccc(C#Cc5cncc(N6CCOCC6)c5)c4)ccc32)CC1. The number of rotatable bonds is 4. The van der Waals surface area contributed by atoms with Gasteiger partial charge in [-0.2, -0.15) is 0 Å². The van der Waals surface area contributed by atoms with Crippen LogP contribution in [0.5, 0.6) is 0 Å². The van der Waals surface area contributed by atoms with Gasteiger partial charge in [0.15, 0.2) is 0 Å². The number of carbonyl (C=O) groups excluding carboxylic acids is 1. The van der Waals surface area contributed by atoms with Crippen molar-refractivity contribution in [2.75, 3.05) is 69.7 Å². The van der Waals surface area contributed by atoms with Gasteiger partial charge >= 0.3 is 0 Å². The molecule has 1 aliphatic carbocycles. The number of nitrogens with zero attached hydrogens (tertiary/aromatic N) is 4. The maximum atomic E-state index is 15.1. The third-order valence-electron chi connectivity index (χ3n) is 8.07. The summed E-state index contributed by atoms with van der Waals surface area (Å²) in [7, 11) is 2.05. The zero-order chi connectivity index (χ0) is 28.4. The largest absolute Gasteiger partial charge is 0.378 e. The second-order valence-corrected chi connectivity index (χ2v) is 10.9. The van der Waals surface area contributed by atoms with Gasteiger partial charge in [0.1, 0.15) is 0 Å². The first-order chi connectivity index (χ1) is 19.9. The van der Waals surface area contributed by atoms with Gasteiger partial charge in [-0.15, -0.1) is 0 Å². The number of hydrogen-bond acceptors (Lipinski definition) is 6. The van der Waals surface area contributed by atoms with Gasteiger partial charge in [-0.05, 0) is 49.0 Å². The average Bonchev–Trinajstić information content (AvgIpc) is 3.27. The number of nitrogens with one attached hydrogen (secondary N) is 1.